The Hall–Kier alpha value is -1.88. The van der Waals surface area contributed by atoms with Gasteiger partial charge in [0, 0.05) is 13.1 Å². The van der Waals surface area contributed by atoms with Crippen molar-refractivity contribution < 1.29 is 14.7 Å². The lowest BCUT2D eigenvalue weighted by Gasteiger charge is -2.35. The van der Waals surface area contributed by atoms with Crippen molar-refractivity contribution in [3.63, 3.8) is 0 Å². The van der Waals surface area contributed by atoms with Crippen molar-refractivity contribution in [3.05, 3.63) is 35.9 Å². The van der Waals surface area contributed by atoms with Gasteiger partial charge in [-0.1, -0.05) is 56.5 Å². The topological polar surface area (TPSA) is 69.6 Å². The standard InChI is InChI=1S/C22H32N2O3/c1-16-12-19(22(26)27)14-24(13-16)15-20(25)23-21(17-8-4-2-5-9-17)18-10-6-3-7-11-18/h2,4-5,8-9,16,18-19,21H,3,6-7,10-15H2,1H3,(H,23,25)(H,26,27). The molecule has 2 N–H and O–H groups in total. The van der Waals surface area contributed by atoms with E-state index in [1.807, 2.05) is 23.1 Å². The molecule has 3 unspecified atom stereocenters. The normalized spacial score (nSPS) is 25.7. The summed E-state index contributed by atoms with van der Waals surface area (Å²) in [5, 5.41) is 12.6. The Morgan fingerprint density at radius 2 is 1.85 bits per heavy atom. The van der Waals surface area contributed by atoms with Crippen LogP contribution in [0.3, 0.4) is 0 Å². The second kappa shape index (κ2) is 9.36. The summed E-state index contributed by atoms with van der Waals surface area (Å²) >= 11 is 0. The molecule has 1 aromatic rings. The first-order valence-corrected chi connectivity index (χ1v) is 10.3. The average Bonchev–Trinajstić information content (AvgIpc) is 2.67. The number of aliphatic carboxylic acids is 1. The molecule has 5 heteroatoms. The van der Waals surface area contributed by atoms with E-state index in [-0.39, 0.29) is 24.4 Å². The van der Waals surface area contributed by atoms with E-state index in [0.717, 1.165) is 19.4 Å². The van der Waals surface area contributed by atoms with E-state index in [1.54, 1.807) is 0 Å². The largest absolute Gasteiger partial charge is 0.481 e. The summed E-state index contributed by atoms with van der Waals surface area (Å²) in [4.78, 5) is 26.2. The minimum absolute atomic E-state index is 0.00710. The molecule has 2 aliphatic rings. The highest BCUT2D eigenvalue weighted by Gasteiger charge is 2.31. The number of amides is 1. The van der Waals surface area contributed by atoms with Crippen molar-refractivity contribution >= 4 is 11.9 Å². The van der Waals surface area contributed by atoms with Crippen LogP contribution < -0.4 is 5.32 Å². The second-order valence-electron chi connectivity index (χ2n) is 8.42. The van der Waals surface area contributed by atoms with Crippen LogP contribution in [0.1, 0.15) is 57.1 Å². The number of carbonyl (C=O) groups excluding carboxylic acids is 1. The number of nitrogens with zero attached hydrogens (tertiary/aromatic N) is 1. The van der Waals surface area contributed by atoms with E-state index in [9.17, 15) is 14.7 Å². The molecule has 1 aliphatic carbocycles. The highest BCUT2D eigenvalue weighted by molar-refractivity contribution is 5.79. The lowest BCUT2D eigenvalue weighted by atomic mass is 9.81. The number of carbonyl (C=O) groups is 2. The minimum Gasteiger partial charge on any atom is -0.481 e. The SMILES string of the molecule is CC1CC(C(=O)O)CN(CC(=O)NC(c2ccccc2)C2CCCCC2)C1. The number of carboxylic acid groups (broad SMARTS) is 1. The smallest absolute Gasteiger partial charge is 0.307 e. The van der Waals surface area contributed by atoms with Gasteiger partial charge in [-0.25, -0.2) is 0 Å². The Kier molecular flexibility index (Phi) is 6.89. The van der Waals surface area contributed by atoms with Gasteiger partial charge in [0.15, 0.2) is 0 Å². The predicted octanol–water partition coefficient (Wildman–Crippen LogP) is 3.47. The van der Waals surface area contributed by atoms with Crippen molar-refractivity contribution in [2.24, 2.45) is 17.8 Å². The van der Waals surface area contributed by atoms with Gasteiger partial charge in [-0.15, -0.1) is 0 Å². The van der Waals surface area contributed by atoms with Crippen LogP contribution in [-0.2, 0) is 9.59 Å². The van der Waals surface area contributed by atoms with E-state index < -0.39 is 5.97 Å². The third-order valence-corrected chi connectivity index (χ3v) is 6.05. The Morgan fingerprint density at radius 1 is 1.15 bits per heavy atom. The van der Waals surface area contributed by atoms with Gasteiger partial charge in [0.25, 0.3) is 0 Å². The molecular formula is C22H32N2O3. The van der Waals surface area contributed by atoms with Crippen LogP contribution in [0.4, 0.5) is 0 Å². The third-order valence-electron chi connectivity index (χ3n) is 6.05. The Balaban J connectivity index is 1.64. The first kappa shape index (κ1) is 19.9. The van der Waals surface area contributed by atoms with Crippen molar-refractivity contribution in [1.82, 2.24) is 10.2 Å². The van der Waals surface area contributed by atoms with Crippen LogP contribution in [0.15, 0.2) is 30.3 Å². The van der Waals surface area contributed by atoms with Crippen LogP contribution in [0, 0.1) is 17.8 Å². The molecule has 0 bridgehead atoms. The van der Waals surface area contributed by atoms with Gasteiger partial charge in [-0.2, -0.15) is 0 Å². The molecule has 3 atom stereocenters. The third kappa shape index (κ3) is 5.55. The molecular weight excluding hydrogens is 340 g/mol. The molecule has 1 aliphatic heterocycles. The molecule has 1 saturated heterocycles. The Labute approximate surface area is 162 Å². The number of hydrogen-bond donors (Lipinski definition) is 2. The van der Waals surface area contributed by atoms with Gasteiger partial charge in [0.05, 0.1) is 18.5 Å². The summed E-state index contributed by atoms with van der Waals surface area (Å²) in [5.74, 6) is -0.332. The van der Waals surface area contributed by atoms with Gasteiger partial charge in [-0.3, -0.25) is 14.5 Å². The molecule has 3 rings (SSSR count). The summed E-state index contributed by atoms with van der Waals surface area (Å²) in [7, 11) is 0. The Morgan fingerprint density at radius 3 is 2.52 bits per heavy atom. The van der Waals surface area contributed by atoms with Crippen LogP contribution in [0.25, 0.3) is 0 Å². The number of piperidine rings is 1. The number of rotatable bonds is 6. The fourth-order valence-electron chi connectivity index (χ4n) is 4.79. The number of benzene rings is 1. The molecule has 1 saturated carbocycles. The molecule has 2 fully saturated rings. The monoisotopic (exact) mass is 372 g/mol. The fourth-order valence-corrected chi connectivity index (χ4v) is 4.79. The molecule has 27 heavy (non-hydrogen) atoms. The molecule has 1 heterocycles. The lowest BCUT2D eigenvalue weighted by Crippen LogP contribution is -2.47. The van der Waals surface area contributed by atoms with Crippen LogP contribution in [0.2, 0.25) is 0 Å². The van der Waals surface area contributed by atoms with Gasteiger partial charge >= 0.3 is 5.97 Å². The maximum Gasteiger partial charge on any atom is 0.307 e. The molecule has 0 spiro atoms. The zero-order valence-corrected chi connectivity index (χ0v) is 16.3. The highest BCUT2D eigenvalue weighted by Crippen LogP contribution is 2.34. The van der Waals surface area contributed by atoms with Gasteiger partial charge in [0.2, 0.25) is 5.91 Å². The molecule has 1 amide bonds. The predicted molar refractivity (Wildman–Crippen MR) is 105 cm³/mol. The average molecular weight is 373 g/mol. The zero-order chi connectivity index (χ0) is 19.2. The van der Waals surface area contributed by atoms with Crippen molar-refractivity contribution in [3.8, 4) is 0 Å². The molecule has 148 valence electrons. The van der Waals surface area contributed by atoms with Crippen LogP contribution in [-0.4, -0.2) is 41.5 Å². The van der Waals surface area contributed by atoms with E-state index in [2.05, 4.69) is 24.4 Å². The van der Waals surface area contributed by atoms with Crippen LogP contribution >= 0.6 is 0 Å². The highest BCUT2D eigenvalue weighted by atomic mass is 16.4. The molecule has 5 nitrogen and oxygen atoms in total. The van der Waals surface area contributed by atoms with Gasteiger partial charge in [0.1, 0.15) is 0 Å². The van der Waals surface area contributed by atoms with Crippen molar-refractivity contribution in [2.45, 2.75) is 51.5 Å². The van der Waals surface area contributed by atoms with Gasteiger partial charge in [-0.05, 0) is 36.7 Å². The summed E-state index contributed by atoms with van der Waals surface area (Å²) in [5.41, 5.74) is 1.17. The molecule has 0 radical (unpaired) electrons. The van der Waals surface area contributed by atoms with Crippen molar-refractivity contribution in [2.75, 3.05) is 19.6 Å². The number of likely N-dealkylation sites (tertiary alicyclic amines) is 1. The van der Waals surface area contributed by atoms with Crippen LogP contribution in [0.5, 0.6) is 0 Å². The zero-order valence-electron chi connectivity index (χ0n) is 16.3. The Bertz CT molecular complexity index is 628. The quantitative estimate of drug-likeness (QED) is 0.802. The number of carboxylic acids is 1. The second-order valence-corrected chi connectivity index (χ2v) is 8.42. The number of hydrogen-bond acceptors (Lipinski definition) is 3. The number of nitrogens with one attached hydrogen (secondary N) is 1. The summed E-state index contributed by atoms with van der Waals surface area (Å²) in [6, 6.07) is 10.3. The first-order chi connectivity index (χ1) is 13.0. The molecule has 0 aromatic heterocycles. The summed E-state index contributed by atoms with van der Waals surface area (Å²) in [6.45, 7) is 3.60. The summed E-state index contributed by atoms with van der Waals surface area (Å²) < 4.78 is 0. The fraction of sp³-hybridized carbons (Fsp3) is 0.636. The lowest BCUT2D eigenvalue weighted by molar-refractivity contribution is -0.145. The maximum atomic E-state index is 12.8. The van der Waals surface area contributed by atoms with Gasteiger partial charge < -0.3 is 10.4 Å². The van der Waals surface area contributed by atoms with Crippen molar-refractivity contribution in [1.29, 1.82) is 0 Å². The van der Waals surface area contributed by atoms with E-state index in [4.69, 9.17) is 0 Å². The van der Waals surface area contributed by atoms with E-state index in [1.165, 1.54) is 24.8 Å². The van der Waals surface area contributed by atoms with E-state index in [0.29, 0.717) is 24.8 Å². The summed E-state index contributed by atoms with van der Waals surface area (Å²) in [6.07, 6.45) is 6.75. The maximum absolute atomic E-state index is 12.8. The van der Waals surface area contributed by atoms with E-state index >= 15 is 0 Å². The minimum atomic E-state index is -0.753. The molecule has 1 aromatic carbocycles. The first-order valence-electron chi connectivity index (χ1n) is 10.3.